The van der Waals surface area contributed by atoms with Crippen LogP contribution in [0.1, 0.15) is 0 Å². The second-order valence-corrected chi connectivity index (χ2v) is 3.35. The number of nitrogens with two attached hydrogens (primary N) is 2. The van der Waals surface area contributed by atoms with Crippen LogP contribution in [0.4, 0.5) is 11.6 Å². The van der Waals surface area contributed by atoms with Gasteiger partial charge in [0.25, 0.3) is 0 Å². The van der Waals surface area contributed by atoms with Gasteiger partial charge in [0.15, 0.2) is 11.6 Å². The van der Waals surface area contributed by atoms with Gasteiger partial charge in [-0.2, -0.15) is 4.98 Å². The molecule has 4 N–H and O–H groups in total. The SMILES string of the molecule is COc1c(N)cccc1-c1nc(N)nn1C. The third kappa shape index (κ3) is 1.54. The van der Waals surface area contributed by atoms with E-state index < -0.39 is 0 Å². The molecule has 6 nitrogen and oxygen atoms in total. The molecule has 0 aliphatic carbocycles. The Labute approximate surface area is 92.8 Å². The van der Waals surface area contributed by atoms with Gasteiger partial charge in [-0.05, 0) is 12.1 Å². The van der Waals surface area contributed by atoms with E-state index in [0.717, 1.165) is 5.56 Å². The van der Waals surface area contributed by atoms with E-state index in [1.165, 1.54) is 0 Å². The Morgan fingerprint density at radius 2 is 2.06 bits per heavy atom. The molecule has 0 fully saturated rings. The van der Waals surface area contributed by atoms with E-state index in [1.54, 1.807) is 24.9 Å². The Bertz CT molecular complexity index is 520. The second kappa shape index (κ2) is 3.73. The summed E-state index contributed by atoms with van der Waals surface area (Å²) in [5, 5.41) is 3.98. The quantitative estimate of drug-likeness (QED) is 0.724. The molecule has 0 unspecified atom stereocenters. The standard InChI is InChI=1S/C10H13N5O/c1-15-9(13-10(12)14-15)6-4-3-5-7(11)8(6)16-2/h3-5H,11H2,1-2H3,(H2,12,14). The minimum absolute atomic E-state index is 0.224. The zero-order valence-electron chi connectivity index (χ0n) is 9.14. The summed E-state index contributed by atoms with van der Waals surface area (Å²) >= 11 is 0. The van der Waals surface area contributed by atoms with E-state index in [0.29, 0.717) is 17.3 Å². The maximum absolute atomic E-state index is 5.81. The fourth-order valence-electron chi connectivity index (χ4n) is 1.60. The van der Waals surface area contributed by atoms with E-state index in [2.05, 4.69) is 10.1 Å². The van der Waals surface area contributed by atoms with Crippen LogP contribution in [-0.2, 0) is 7.05 Å². The normalized spacial score (nSPS) is 10.4. The summed E-state index contributed by atoms with van der Waals surface area (Å²) < 4.78 is 6.84. The molecule has 0 saturated carbocycles. The minimum atomic E-state index is 0.224. The summed E-state index contributed by atoms with van der Waals surface area (Å²) in [4.78, 5) is 4.12. The van der Waals surface area contributed by atoms with Crippen LogP contribution in [0.15, 0.2) is 18.2 Å². The first-order valence-electron chi connectivity index (χ1n) is 4.73. The van der Waals surface area contributed by atoms with Crippen molar-refractivity contribution in [3.8, 4) is 17.1 Å². The van der Waals surface area contributed by atoms with Crippen molar-refractivity contribution in [3.63, 3.8) is 0 Å². The lowest BCUT2D eigenvalue weighted by Crippen LogP contribution is -1.99. The van der Waals surface area contributed by atoms with Gasteiger partial charge in [-0.25, -0.2) is 4.68 Å². The van der Waals surface area contributed by atoms with Crippen LogP contribution in [0, 0.1) is 0 Å². The summed E-state index contributed by atoms with van der Waals surface area (Å²) in [6, 6.07) is 5.46. The Morgan fingerprint density at radius 1 is 1.31 bits per heavy atom. The predicted octanol–water partition coefficient (Wildman–Crippen LogP) is 0.655. The van der Waals surface area contributed by atoms with Crippen molar-refractivity contribution in [1.29, 1.82) is 0 Å². The minimum Gasteiger partial charge on any atom is -0.494 e. The molecule has 6 heteroatoms. The smallest absolute Gasteiger partial charge is 0.240 e. The number of nitrogens with zero attached hydrogens (tertiary/aromatic N) is 3. The number of rotatable bonds is 2. The first kappa shape index (κ1) is 10.3. The number of aryl methyl sites for hydroxylation is 1. The number of hydrogen-bond donors (Lipinski definition) is 2. The Kier molecular flexibility index (Phi) is 2.40. The van der Waals surface area contributed by atoms with Gasteiger partial charge in [0.05, 0.1) is 18.4 Å². The van der Waals surface area contributed by atoms with Crippen LogP contribution in [0.5, 0.6) is 5.75 Å². The Hall–Kier alpha value is -2.24. The Balaban J connectivity index is 2.64. The van der Waals surface area contributed by atoms with E-state index in [9.17, 15) is 0 Å². The van der Waals surface area contributed by atoms with Crippen LogP contribution >= 0.6 is 0 Å². The van der Waals surface area contributed by atoms with E-state index in [1.807, 2.05) is 12.1 Å². The lowest BCUT2D eigenvalue weighted by Gasteiger charge is -2.09. The highest BCUT2D eigenvalue weighted by atomic mass is 16.5. The van der Waals surface area contributed by atoms with Gasteiger partial charge in [0.2, 0.25) is 5.95 Å². The molecule has 0 bridgehead atoms. The number of ether oxygens (including phenoxy) is 1. The summed E-state index contributed by atoms with van der Waals surface area (Å²) in [6.07, 6.45) is 0. The van der Waals surface area contributed by atoms with Crippen molar-refractivity contribution in [1.82, 2.24) is 14.8 Å². The number of anilines is 2. The zero-order valence-corrected chi connectivity index (χ0v) is 9.14. The van der Waals surface area contributed by atoms with Crippen LogP contribution in [0.25, 0.3) is 11.4 Å². The average molecular weight is 219 g/mol. The summed E-state index contributed by atoms with van der Waals surface area (Å²) in [7, 11) is 3.33. The fourth-order valence-corrected chi connectivity index (χ4v) is 1.60. The number of nitrogen functional groups attached to an aromatic ring is 2. The van der Waals surface area contributed by atoms with Crippen molar-refractivity contribution in [2.75, 3.05) is 18.6 Å². The highest BCUT2D eigenvalue weighted by Crippen LogP contribution is 2.33. The Morgan fingerprint density at radius 3 is 2.62 bits per heavy atom. The van der Waals surface area contributed by atoms with Crippen molar-refractivity contribution in [2.24, 2.45) is 7.05 Å². The largest absolute Gasteiger partial charge is 0.494 e. The van der Waals surface area contributed by atoms with Gasteiger partial charge >= 0.3 is 0 Å². The number of para-hydroxylation sites is 1. The highest BCUT2D eigenvalue weighted by molar-refractivity contribution is 5.73. The molecule has 0 amide bonds. The molecule has 0 saturated heterocycles. The molecule has 16 heavy (non-hydrogen) atoms. The van der Waals surface area contributed by atoms with E-state index >= 15 is 0 Å². The average Bonchev–Trinajstić information content (AvgIpc) is 2.57. The van der Waals surface area contributed by atoms with Crippen LogP contribution < -0.4 is 16.2 Å². The third-order valence-electron chi connectivity index (χ3n) is 2.27. The molecule has 0 radical (unpaired) electrons. The molecule has 0 aliphatic heterocycles. The molecule has 1 aromatic heterocycles. The lowest BCUT2D eigenvalue weighted by molar-refractivity contribution is 0.418. The van der Waals surface area contributed by atoms with Gasteiger partial charge < -0.3 is 16.2 Å². The van der Waals surface area contributed by atoms with Crippen molar-refractivity contribution in [3.05, 3.63) is 18.2 Å². The molecule has 1 heterocycles. The molecule has 1 aromatic carbocycles. The van der Waals surface area contributed by atoms with Crippen LogP contribution in [0.3, 0.4) is 0 Å². The molecule has 0 aliphatic rings. The maximum atomic E-state index is 5.81. The molecule has 84 valence electrons. The van der Waals surface area contributed by atoms with Gasteiger partial charge in [-0.1, -0.05) is 6.07 Å². The summed E-state index contributed by atoms with van der Waals surface area (Å²) in [6.45, 7) is 0. The molecule has 2 aromatic rings. The molecule has 0 spiro atoms. The molecule has 2 rings (SSSR count). The van der Waals surface area contributed by atoms with Gasteiger partial charge in [-0.3, -0.25) is 0 Å². The second-order valence-electron chi connectivity index (χ2n) is 3.35. The number of methoxy groups -OCH3 is 1. The van der Waals surface area contributed by atoms with E-state index in [-0.39, 0.29) is 5.95 Å². The summed E-state index contributed by atoms with van der Waals surface area (Å²) in [5.41, 5.74) is 12.7. The van der Waals surface area contributed by atoms with Gasteiger partial charge in [-0.15, -0.1) is 5.10 Å². The topological polar surface area (TPSA) is 92.0 Å². The molecular formula is C10H13N5O. The van der Waals surface area contributed by atoms with E-state index in [4.69, 9.17) is 16.2 Å². The van der Waals surface area contributed by atoms with Crippen molar-refractivity contribution >= 4 is 11.6 Å². The highest BCUT2D eigenvalue weighted by Gasteiger charge is 2.14. The van der Waals surface area contributed by atoms with Crippen LogP contribution in [0.2, 0.25) is 0 Å². The van der Waals surface area contributed by atoms with Gasteiger partial charge in [0, 0.05) is 7.05 Å². The number of benzene rings is 1. The number of aromatic nitrogens is 3. The molecule has 0 atom stereocenters. The monoisotopic (exact) mass is 219 g/mol. The lowest BCUT2D eigenvalue weighted by atomic mass is 10.1. The van der Waals surface area contributed by atoms with Crippen LogP contribution in [-0.4, -0.2) is 21.9 Å². The molecular weight excluding hydrogens is 206 g/mol. The zero-order chi connectivity index (χ0) is 11.7. The van der Waals surface area contributed by atoms with Crippen molar-refractivity contribution < 1.29 is 4.74 Å². The van der Waals surface area contributed by atoms with Gasteiger partial charge in [0.1, 0.15) is 0 Å². The third-order valence-corrected chi connectivity index (χ3v) is 2.27. The van der Waals surface area contributed by atoms with Crippen molar-refractivity contribution in [2.45, 2.75) is 0 Å². The predicted molar refractivity (Wildman–Crippen MR) is 61.8 cm³/mol. The summed E-state index contributed by atoms with van der Waals surface area (Å²) in [5.74, 6) is 1.43. The first-order chi connectivity index (χ1) is 7.63. The fraction of sp³-hybridized carbons (Fsp3) is 0.200. The number of hydrogen-bond acceptors (Lipinski definition) is 5. The first-order valence-corrected chi connectivity index (χ1v) is 4.73. The maximum Gasteiger partial charge on any atom is 0.240 e.